The van der Waals surface area contributed by atoms with E-state index >= 15 is 0 Å². The molecule has 2 heterocycles. The third-order valence-electron chi connectivity index (χ3n) is 3.05. The van der Waals surface area contributed by atoms with Gasteiger partial charge in [-0.2, -0.15) is 11.3 Å². The van der Waals surface area contributed by atoms with Crippen LogP contribution in [0.1, 0.15) is 18.5 Å². The minimum absolute atomic E-state index is 0.255. The van der Waals surface area contributed by atoms with Crippen molar-refractivity contribution in [3.63, 3.8) is 0 Å². The van der Waals surface area contributed by atoms with Crippen molar-refractivity contribution in [1.29, 1.82) is 0 Å². The van der Waals surface area contributed by atoms with E-state index in [4.69, 9.17) is 9.47 Å². The molecule has 0 radical (unpaired) electrons. The summed E-state index contributed by atoms with van der Waals surface area (Å²) in [5, 5.41) is 7.73. The van der Waals surface area contributed by atoms with Crippen LogP contribution in [0.4, 0.5) is 5.69 Å². The van der Waals surface area contributed by atoms with Gasteiger partial charge >= 0.3 is 0 Å². The van der Waals surface area contributed by atoms with Crippen molar-refractivity contribution < 1.29 is 9.47 Å². The molecule has 19 heavy (non-hydrogen) atoms. The summed E-state index contributed by atoms with van der Waals surface area (Å²) in [6, 6.07) is 6.33. The van der Waals surface area contributed by atoms with Gasteiger partial charge in [0.15, 0.2) is 11.5 Å². The Bertz CT molecular complexity index is 571. The van der Waals surface area contributed by atoms with E-state index in [1.54, 1.807) is 11.3 Å². The number of anilines is 1. The van der Waals surface area contributed by atoms with Crippen LogP contribution in [0, 0.1) is 0 Å². The Morgan fingerprint density at radius 1 is 1.26 bits per heavy atom. The van der Waals surface area contributed by atoms with E-state index in [2.05, 4.69) is 45.0 Å². The normalized spacial score (nSPS) is 15.1. The lowest BCUT2D eigenvalue weighted by molar-refractivity contribution is 0.171. The highest BCUT2D eigenvalue weighted by Crippen LogP contribution is 2.39. The van der Waals surface area contributed by atoms with Gasteiger partial charge in [-0.05, 0) is 45.2 Å². The summed E-state index contributed by atoms with van der Waals surface area (Å²) in [7, 11) is 0. The highest BCUT2D eigenvalue weighted by molar-refractivity contribution is 9.10. The quantitative estimate of drug-likeness (QED) is 0.895. The first-order valence-electron chi connectivity index (χ1n) is 6.12. The van der Waals surface area contributed by atoms with Crippen LogP contribution in [0.25, 0.3) is 0 Å². The second kappa shape index (κ2) is 5.43. The molecule has 1 N–H and O–H groups in total. The molecule has 0 aliphatic carbocycles. The second-order valence-electron chi connectivity index (χ2n) is 4.40. The van der Waals surface area contributed by atoms with Crippen LogP contribution in [0.5, 0.6) is 11.5 Å². The van der Waals surface area contributed by atoms with Crippen LogP contribution in [0.3, 0.4) is 0 Å². The number of hydrogen-bond acceptors (Lipinski definition) is 4. The standard InChI is InChI=1S/C14H14BrNO2S/c1-9(10-2-5-19-8-10)16-12-7-14-13(6-11(12)15)17-3-4-18-14/h2,5-9,16H,3-4H2,1H3. The SMILES string of the molecule is CC(Nc1cc2c(cc1Br)OCCO2)c1ccsc1. The summed E-state index contributed by atoms with van der Waals surface area (Å²) < 4.78 is 12.1. The molecule has 1 aliphatic heterocycles. The maximum atomic E-state index is 5.61. The van der Waals surface area contributed by atoms with Gasteiger partial charge in [0.2, 0.25) is 0 Å². The number of rotatable bonds is 3. The highest BCUT2D eigenvalue weighted by atomic mass is 79.9. The molecule has 0 spiro atoms. The van der Waals surface area contributed by atoms with Crippen LogP contribution in [0.15, 0.2) is 33.4 Å². The lowest BCUT2D eigenvalue weighted by Crippen LogP contribution is -2.16. The molecule has 1 aliphatic rings. The third-order valence-corrected chi connectivity index (χ3v) is 4.40. The Kier molecular flexibility index (Phi) is 3.66. The summed E-state index contributed by atoms with van der Waals surface area (Å²) in [5.74, 6) is 1.60. The molecule has 1 unspecified atom stereocenters. The van der Waals surface area contributed by atoms with E-state index in [-0.39, 0.29) is 6.04 Å². The van der Waals surface area contributed by atoms with Crippen molar-refractivity contribution >= 4 is 33.0 Å². The molecular weight excluding hydrogens is 326 g/mol. The molecule has 3 nitrogen and oxygen atoms in total. The Hall–Kier alpha value is -1.20. The van der Waals surface area contributed by atoms with Gasteiger partial charge in [0, 0.05) is 22.6 Å². The highest BCUT2D eigenvalue weighted by Gasteiger charge is 2.16. The van der Waals surface area contributed by atoms with E-state index in [1.807, 2.05) is 12.1 Å². The molecule has 100 valence electrons. The molecule has 1 atom stereocenters. The van der Waals surface area contributed by atoms with Crippen molar-refractivity contribution in [3.8, 4) is 11.5 Å². The van der Waals surface area contributed by atoms with Gasteiger partial charge in [0.1, 0.15) is 13.2 Å². The first-order valence-corrected chi connectivity index (χ1v) is 7.85. The summed E-state index contributed by atoms with van der Waals surface area (Å²) >= 11 is 5.28. The molecule has 0 saturated carbocycles. The topological polar surface area (TPSA) is 30.5 Å². The largest absolute Gasteiger partial charge is 0.486 e. The maximum absolute atomic E-state index is 5.61. The lowest BCUT2D eigenvalue weighted by Gasteiger charge is -2.22. The molecule has 1 aromatic carbocycles. The van der Waals surface area contributed by atoms with E-state index in [0.717, 1.165) is 21.7 Å². The molecule has 0 saturated heterocycles. The zero-order valence-electron chi connectivity index (χ0n) is 10.5. The minimum Gasteiger partial charge on any atom is -0.486 e. The maximum Gasteiger partial charge on any atom is 0.163 e. The monoisotopic (exact) mass is 339 g/mol. The van der Waals surface area contributed by atoms with Gasteiger partial charge < -0.3 is 14.8 Å². The van der Waals surface area contributed by atoms with Gasteiger partial charge in [-0.1, -0.05) is 0 Å². The zero-order chi connectivity index (χ0) is 13.2. The minimum atomic E-state index is 0.255. The molecule has 2 aromatic rings. The summed E-state index contributed by atoms with van der Waals surface area (Å²) in [5.41, 5.74) is 2.30. The summed E-state index contributed by atoms with van der Waals surface area (Å²) in [6.45, 7) is 3.36. The number of ether oxygens (including phenoxy) is 2. The molecule has 0 fully saturated rings. The first kappa shape index (κ1) is 12.8. The smallest absolute Gasteiger partial charge is 0.163 e. The van der Waals surface area contributed by atoms with Crippen molar-refractivity contribution in [2.45, 2.75) is 13.0 Å². The summed E-state index contributed by atoms with van der Waals surface area (Å²) in [6.07, 6.45) is 0. The first-order chi connectivity index (χ1) is 9.24. The van der Waals surface area contributed by atoms with Crippen molar-refractivity contribution in [2.75, 3.05) is 18.5 Å². The van der Waals surface area contributed by atoms with Gasteiger partial charge in [0.05, 0.1) is 5.69 Å². The number of hydrogen-bond donors (Lipinski definition) is 1. The molecule has 0 bridgehead atoms. The van der Waals surface area contributed by atoms with E-state index in [0.29, 0.717) is 13.2 Å². The fourth-order valence-corrected chi connectivity index (χ4v) is 3.20. The Morgan fingerprint density at radius 3 is 2.68 bits per heavy atom. The van der Waals surface area contributed by atoms with Crippen LogP contribution in [0.2, 0.25) is 0 Å². The Balaban J connectivity index is 1.84. The van der Waals surface area contributed by atoms with E-state index in [1.165, 1.54) is 5.56 Å². The average Bonchev–Trinajstić information content (AvgIpc) is 2.93. The van der Waals surface area contributed by atoms with Crippen LogP contribution >= 0.6 is 27.3 Å². The van der Waals surface area contributed by atoms with E-state index < -0.39 is 0 Å². The third kappa shape index (κ3) is 2.72. The predicted octanol–water partition coefficient (Wildman–Crippen LogP) is 4.45. The number of nitrogens with one attached hydrogen (secondary N) is 1. The molecule has 3 rings (SSSR count). The Labute approximate surface area is 124 Å². The number of fused-ring (bicyclic) bond motifs is 1. The summed E-state index contributed by atoms with van der Waals surface area (Å²) in [4.78, 5) is 0. The van der Waals surface area contributed by atoms with Gasteiger partial charge in [-0.15, -0.1) is 0 Å². The Morgan fingerprint density at radius 2 is 2.00 bits per heavy atom. The molecule has 5 heteroatoms. The number of thiophene rings is 1. The van der Waals surface area contributed by atoms with Crippen LogP contribution < -0.4 is 14.8 Å². The van der Waals surface area contributed by atoms with Crippen molar-refractivity contribution in [2.24, 2.45) is 0 Å². The fraction of sp³-hybridized carbons (Fsp3) is 0.286. The van der Waals surface area contributed by atoms with Crippen LogP contribution in [-0.4, -0.2) is 13.2 Å². The van der Waals surface area contributed by atoms with Gasteiger partial charge in [-0.25, -0.2) is 0 Å². The van der Waals surface area contributed by atoms with Gasteiger partial charge in [0.25, 0.3) is 0 Å². The van der Waals surface area contributed by atoms with Gasteiger partial charge in [-0.3, -0.25) is 0 Å². The van der Waals surface area contributed by atoms with Crippen LogP contribution in [-0.2, 0) is 0 Å². The lowest BCUT2D eigenvalue weighted by atomic mass is 10.1. The molecular formula is C14H14BrNO2S. The number of halogens is 1. The molecule has 0 amide bonds. The molecule has 1 aromatic heterocycles. The zero-order valence-corrected chi connectivity index (χ0v) is 12.9. The van der Waals surface area contributed by atoms with Crippen molar-refractivity contribution in [1.82, 2.24) is 0 Å². The average molecular weight is 340 g/mol. The fourth-order valence-electron chi connectivity index (χ4n) is 2.01. The predicted molar refractivity (Wildman–Crippen MR) is 81.5 cm³/mol. The second-order valence-corrected chi connectivity index (χ2v) is 6.03. The number of benzene rings is 1. The van der Waals surface area contributed by atoms with E-state index in [9.17, 15) is 0 Å². The van der Waals surface area contributed by atoms with Crippen molar-refractivity contribution in [3.05, 3.63) is 39.0 Å².